The van der Waals surface area contributed by atoms with Gasteiger partial charge in [0, 0.05) is 17.0 Å². The zero-order chi connectivity index (χ0) is 8.82. The van der Waals surface area contributed by atoms with E-state index in [4.69, 9.17) is 10.3 Å². The van der Waals surface area contributed by atoms with Crippen molar-refractivity contribution in [3.63, 3.8) is 0 Å². The second-order valence-electron chi connectivity index (χ2n) is 4.17. The van der Waals surface area contributed by atoms with Crippen LogP contribution in [0, 0.1) is 0 Å². The molecule has 3 nitrogen and oxygen atoms in total. The van der Waals surface area contributed by atoms with Crippen LogP contribution in [0.2, 0.25) is 0 Å². The van der Waals surface area contributed by atoms with Crippen LogP contribution >= 0.6 is 0 Å². The SMILES string of the molecule is CC(C)(c1ccon1)C1(N)CC1. The topological polar surface area (TPSA) is 52.0 Å². The third-order valence-electron chi connectivity index (χ3n) is 3.11. The van der Waals surface area contributed by atoms with Gasteiger partial charge in [0.25, 0.3) is 0 Å². The first kappa shape index (κ1) is 7.80. The summed E-state index contributed by atoms with van der Waals surface area (Å²) in [6.45, 7) is 4.25. The first-order valence-corrected chi connectivity index (χ1v) is 4.26. The number of hydrogen-bond donors (Lipinski definition) is 1. The fourth-order valence-corrected chi connectivity index (χ4v) is 1.55. The zero-order valence-corrected chi connectivity index (χ0v) is 7.50. The minimum atomic E-state index is -0.0556. The highest BCUT2D eigenvalue weighted by atomic mass is 16.5. The van der Waals surface area contributed by atoms with Crippen molar-refractivity contribution < 1.29 is 4.52 Å². The van der Waals surface area contributed by atoms with E-state index in [1.807, 2.05) is 6.07 Å². The van der Waals surface area contributed by atoms with Crippen LogP contribution in [-0.2, 0) is 5.41 Å². The highest BCUT2D eigenvalue weighted by molar-refractivity contribution is 5.25. The van der Waals surface area contributed by atoms with E-state index in [-0.39, 0.29) is 11.0 Å². The Labute approximate surface area is 71.9 Å². The van der Waals surface area contributed by atoms with Crippen LogP contribution in [0.4, 0.5) is 0 Å². The summed E-state index contributed by atoms with van der Waals surface area (Å²) in [7, 11) is 0. The standard InChI is InChI=1S/C9H14N2O/c1-8(2,9(10)4-5-9)7-3-6-12-11-7/h3,6H,4-5,10H2,1-2H3. The van der Waals surface area contributed by atoms with Gasteiger partial charge in [0.2, 0.25) is 0 Å². The summed E-state index contributed by atoms with van der Waals surface area (Å²) in [6.07, 6.45) is 3.78. The molecule has 0 bridgehead atoms. The first-order valence-electron chi connectivity index (χ1n) is 4.26. The Balaban J connectivity index is 2.33. The summed E-state index contributed by atoms with van der Waals surface area (Å²) in [5, 5.41) is 3.94. The molecule has 0 saturated heterocycles. The molecule has 1 aromatic rings. The molecule has 0 aliphatic heterocycles. The van der Waals surface area contributed by atoms with Crippen molar-refractivity contribution in [2.75, 3.05) is 0 Å². The summed E-state index contributed by atoms with van der Waals surface area (Å²) < 4.78 is 4.82. The molecule has 1 aliphatic rings. The van der Waals surface area contributed by atoms with Crippen molar-refractivity contribution in [3.05, 3.63) is 18.0 Å². The Morgan fingerprint density at radius 3 is 2.67 bits per heavy atom. The van der Waals surface area contributed by atoms with Crippen LogP contribution in [0.5, 0.6) is 0 Å². The van der Waals surface area contributed by atoms with Crippen molar-refractivity contribution in [2.24, 2.45) is 5.73 Å². The van der Waals surface area contributed by atoms with E-state index in [0.717, 1.165) is 18.5 Å². The lowest BCUT2D eigenvalue weighted by molar-refractivity contribution is 0.340. The van der Waals surface area contributed by atoms with E-state index in [9.17, 15) is 0 Å². The Kier molecular flexibility index (Phi) is 1.37. The molecule has 0 unspecified atom stereocenters. The van der Waals surface area contributed by atoms with Gasteiger partial charge in [-0.2, -0.15) is 0 Å². The number of hydrogen-bond acceptors (Lipinski definition) is 3. The Hall–Kier alpha value is -0.830. The average Bonchev–Trinajstić information content (AvgIpc) is 2.59. The Bertz CT molecular complexity index is 273. The molecule has 1 aliphatic carbocycles. The van der Waals surface area contributed by atoms with E-state index in [2.05, 4.69) is 19.0 Å². The molecule has 1 aromatic heterocycles. The smallest absolute Gasteiger partial charge is 0.124 e. The summed E-state index contributed by atoms with van der Waals surface area (Å²) in [6, 6.07) is 1.90. The summed E-state index contributed by atoms with van der Waals surface area (Å²) in [5.74, 6) is 0. The molecule has 1 heterocycles. The van der Waals surface area contributed by atoms with Crippen LogP contribution in [0.1, 0.15) is 32.4 Å². The van der Waals surface area contributed by atoms with Gasteiger partial charge in [0.1, 0.15) is 6.26 Å². The third kappa shape index (κ3) is 0.894. The second kappa shape index (κ2) is 2.10. The molecule has 2 N–H and O–H groups in total. The summed E-state index contributed by atoms with van der Waals surface area (Å²) >= 11 is 0. The number of aromatic nitrogens is 1. The van der Waals surface area contributed by atoms with E-state index in [0.29, 0.717) is 0 Å². The highest BCUT2D eigenvalue weighted by Crippen LogP contribution is 2.48. The van der Waals surface area contributed by atoms with Crippen molar-refractivity contribution >= 4 is 0 Å². The maximum absolute atomic E-state index is 6.13. The lowest BCUT2D eigenvalue weighted by atomic mass is 9.79. The van der Waals surface area contributed by atoms with E-state index < -0.39 is 0 Å². The molecule has 0 amide bonds. The number of nitrogens with zero attached hydrogens (tertiary/aromatic N) is 1. The van der Waals surface area contributed by atoms with Gasteiger partial charge in [-0.1, -0.05) is 19.0 Å². The predicted molar refractivity (Wildman–Crippen MR) is 45.7 cm³/mol. The summed E-state index contributed by atoms with van der Waals surface area (Å²) in [4.78, 5) is 0. The lowest BCUT2D eigenvalue weighted by Crippen LogP contribution is -2.43. The third-order valence-corrected chi connectivity index (χ3v) is 3.11. The highest BCUT2D eigenvalue weighted by Gasteiger charge is 2.53. The van der Waals surface area contributed by atoms with E-state index in [1.165, 1.54) is 0 Å². The molecule has 0 radical (unpaired) electrons. The van der Waals surface area contributed by atoms with E-state index in [1.54, 1.807) is 6.26 Å². The molecular formula is C9H14N2O. The second-order valence-corrected chi connectivity index (χ2v) is 4.17. The minimum Gasteiger partial charge on any atom is -0.364 e. The molecule has 2 rings (SSSR count). The normalized spacial score (nSPS) is 20.9. The van der Waals surface area contributed by atoms with Gasteiger partial charge in [-0.05, 0) is 12.8 Å². The van der Waals surface area contributed by atoms with Gasteiger partial charge < -0.3 is 10.3 Å². The van der Waals surface area contributed by atoms with Gasteiger partial charge in [-0.25, -0.2) is 0 Å². The molecule has 0 atom stereocenters. The van der Waals surface area contributed by atoms with Gasteiger partial charge in [0.15, 0.2) is 0 Å². The van der Waals surface area contributed by atoms with Crippen LogP contribution in [0.3, 0.4) is 0 Å². The Morgan fingerprint density at radius 1 is 1.58 bits per heavy atom. The first-order chi connectivity index (χ1) is 5.56. The minimum absolute atomic E-state index is 0.0517. The van der Waals surface area contributed by atoms with Gasteiger partial charge >= 0.3 is 0 Å². The monoisotopic (exact) mass is 166 g/mol. The number of rotatable bonds is 2. The van der Waals surface area contributed by atoms with Crippen molar-refractivity contribution in [1.82, 2.24) is 5.16 Å². The predicted octanol–water partition coefficient (Wildman–Crippen LogP) is 1.44. The molecule has 1 fully saturated rings. The Morgan fingerprint density at radius 2 is 2.25 bits per heavy atom. The fraction of sp³-hybridized carbons (Fsp3) is 0.667. The average molecular weight is 166 g/mol. The molecular weight excluding hydrogens is 152 g/mol. The van der Waals surface area contributed by atoms with Crippen molar-refractivity contribution in [3.8, 4) is 0 Å². The van der Waals surface area contributed by atoms with Gasteiger partial charge in [0.05, 0.1) is 5.69 Å². The van der Waals surface area contributed by atoms with Crippen LogP contribution in [0.25, 0.3) is 0 Å². The quantitative estimate of drug-likeness (QED) is 0.723. The molecule has 0 spiro atoms. The molecule has 12 heavy (non-hydrogen) atoms. The zero-order valence-electron chi connectivity index (χ0n) is 7.50. The lowest BCUT2D eigenvalue weighted by Gasteiger charge is -2.29. The molecule has 0 aromatic carbocycles. The van der Waals surface area contributed by atoms with Crippen LogP contribution in [-0.4, -0.2) is 10.7 Å². The van der Waals surface area contributed by atoms with E-state index >= 15 is 0 Å². The largest absolute Gasteiger partial charge is 0.364 e. The molecule has 1 saturated carbocycles. The molecule has 3 heteroatoms. The fourth-order valence-electron chi connectivity index (χ4n) is 1.55. The van der Waals surface area contributed by atoms with Gasteiger partial charge in [-0.15, -0.1) is 0 Å². The number of nitrogens with two attached hydrogens (primary N) is 1. The maximum atomic E-state index is 6.13. The van der Waals surface area contributed by atoms with Crippen LogP contribution in [0.15, 0.2) is 16.9 Å². The van der Waals surface area contributed by atoms with Crippen molar-refractivity contribution in [2.45, 2.75) is 37.6 Å². The van der Waals surface area contributed by atoms with Crippen molar-refractivity contribution in [1.29, 1.82) is 0 Å². The summed E-state index contributed by atoms with van der Waals surface area (Å²) in [5.41, 5.74) is 6.99. The van der Waals surface area contributed by atoms with Crippen LogP contribution < -0.4 is 5.73 Å². The maximum Gasteiger partial charge on any atom is 0.124 e. The van der Waals surface area contributed by atoms with Gasteiger partial charge in [-0.3, -0.25) is 0 Å². The molecule has 66 valence electrons.